The molecule has 0 aliphatic carbocycles. The number of nitrogens with zero attached hydrogens (tertiary/aromatic N) is 1. The van der Waals surface area contributed by atoms with Crippen LogP contribution in [0, 0.1) is 0 Å². The summed E-state index contributed by atoms with van der Waals surface area (Å²) in [6.45, 7) is 6.58. The van der Waals surface area contributed by atoms with Gasteiger partial charge in [-0.2, -0.15) is 0 Å². The lowest BCUT2D eigenvalue weighted by Crippen LogP contribution is -2.48. The number of rotatable bonds is 5. The third-order valence-corrected chi connectivity index (χ3v) is 4.09. The average Bonchev–Trinajstić information content (AvgIpc) is 2.47. The van der Waals surface area contributed by atoms with Gasteiger partial charge >= 0.3 is 0 Å². The molecule has 1 aliphatic rings. The highest BCUT2D eigenvalue weighted by atomic mass is 16.3. The van der Waals surface area contributed by atoms with Crippen LogP contribution in [0.3, 0.4) is 0 Å². The number of carbonyl (C=O) groups excluding carboxylic acids is 1. The highest BCUT2D eigenvalue weighted by Gasteiger charge is 2.22. The fourth-order valence-electron chi connectivity index (χ4n) is 2.61. The molecule has 0 bridgehead atoms. The molecule has 1 aromatic carbocycles. The number of piperidine rings is 1. The Balaban J connectivity index is 1.96. The van der Waals surface area contributed by atoms with Gasteiger partial charge in [-0.1, -0.05) is 24.3 Å². The highest BCUT2D eigenvalue weighted by Crippen LogP contribution is 2.16. The van der Waals surface area contributed by atoms with E-state index >= 15 is 0 Å². The summed E-state index contributed by atoms with van der Waals surface area (Å²) < 4.78 is 0. The van der Waals surface area contributed by atoms with Crippen LogP contribution >= 0.6 is 0 Å². The molecule has 1 saturated heterocycles. The van der Waals surface area contributed by atoms with Crippen molar-refractivity contribution in [3.8, 4) is 0 Å². The van der Waals surface area contributed by atoms with E-state index < -0.39 is 5.54 Å². The first-order chi connectivity index (χ1) is 10.4. The number of amides is 1. The number of aliphatic hydroxyl groups excluding tert-OH is 1. The zero-order chi connectivity index (χ0) is 16.2. The third-order valence-electron chi connectivity index (χ3n) is 4.09. The topological polar surface area (TPSA) is 78.6 Å². The van der Waals surface area contributed by atoms with Crippen LogP contribution < -0.4 is 11.1 Å². The maximum absolute atomic E-state index is 11.9. The summed E-state index contributed by atoms with van der Waals surface area (Å²) in [7, 11) is 0. The van der Waals surface area contributed by atoms with Crippen LogP contribution in [0.15, 0.2) is 24.3 Å². The Morgan fingerprint density at radius 1 is 1.32 bits per heavy atom. The van der Waals surface area contributed by atoms with E-state index in [1.807, 2.05) is 18.2 Å². The van der Waals surface area contributed by atoms with Gasteiger partial charge in [-0.05, 0) is 37.8 Å². The minimum atomic E-state index is -0.863. The van der Waals surface area contributed by atoms with Crippen molar-refractivity contribution in [3.63, 3.8) is 0 Å². The first kappa shape index (κ1) is 16.9. The van der Waals surface area contributed by atoms with Crippen molar-refractivity contribution in [2.75, 3.05) is 13.1 Å². The number of aliphatic hydroxyl groups is 1. The van der Waals surface area contributed by atoms with E-state index in [9.17, 15) is 9.90 Å². The lowest BCUT2D eigenvalue weighted by atomic mass is 10.0. The van der Waals surface area contributed by atoms with Gasteiger partial charge in [-0.3, -0.25) is 9.69 Å². The van der Waals surface area contributed by atoms with Gasteiger partial charge in [0.05, 0.1) is 11.6 Å². The van der Waals surface area contributed by atoms with Gasteiger partial charge in [0.2, 0.25) is 5.91 Å². The lowest BCUT2D eigenvalue weighted by molar-refractivity contribution is -0.125. The molecule has 0 saturated carbocycles. The molecule has 0 radical (unpaired) electrons. The normalized spacial score (nSPS) is 17.5. The van der Waals surface area contributed by atoms with E-state index in [-0.39, 0.29) is 12.0 Å². The first-order valence-corrected chi connectivity index (χ1v) is 7.90. The molecular formula is C17H27N3O2. The SMILES string of the molecule is CC(C)(N)C(=O)NCc1ccccc1CN1CCC(O)CC1. The van der Waals surface area contributed by atoms with Crippen molar-refractivity contribution in [3.05, 3.63) is 35.4 Å². The molecule has 5 nitrogen and oxygen atoms in total. The monoisotopic (exact) mass is 305 g/mol. The molecule has 1 amide bonds. The second-order valence-corrected chi connectivity index (χ2v) is 6.68. The highest BCUT2D eigenvalue weighted by molar-refractivity contribution is 5.85. The number of nitrogens with two attached hydrogens (primary N) is 1. The van der Waals surface area contributed by atoms with Crippen molar-refractivity contribution < 1.29 is 9.90 Å². The van der Waals surface area contributed by atoms with E-state index in [2.05, 4.69) is 16.3 Å². The molecule has 22 heavy (non-hydrogen) atoms. The summed E-state index contributed by atoms with van der Waals surface area (Å²) in [5.74, 6) is -0.150. The summed E-state index contributed by atoms with van der Waals surface area (Å²) in [6, 6.07) is 8.14. The molecule has 4 N–H and O–H groups in total. The second kappa shape index (κ2) is 7.22. The molecule has 2 rings (SSSR count). The molecule has 0 aromatic heterocycles. The molecular weight excluding hydrogens is 278 g/mol. The Morgan fingerprint density at radius 3 is 2.50 bits per heavy atom. The van der Waals surface area contributed by atoms with Crippen LogP contribution in [-0.2, 0) is 17.9 Å². The number of nitrogens with one attached hydrogen (secondary N) is 1. The number of hydrogen-bond acceptors (Lipinski definition) is 4. The Hall–Kier alpha value is -1.43. The minimum Gasteiger partial charge on any atom is -0.393 e. The van der Waals surface area contributed by atoms with Crippen LogP contribution in [-0.4, -0.2) is 40.6 Å². The summed E-state index contributed by atoms with van der Waals surface area (Å²) in [4.78, 5) is 14.2. The number of benzene rings is 1. The summed E-state index contributed by atoms with van der Waals surface area (Å²) >= 11 is 0. The van der Waals surface area contributed by atoms with Crippen molar-refractivity contribution in [2.45, 2.75) is 51.4 Å². The van der Waals surface area contributed by atoms with Crippen LogP contribution in [0.2, 0.25) is 0 Å². The van der Waals surface area contributed by atoms with Gasteiger partial charge in [-0.25, -0.2) is 0 Å². The zero-order valence-corrected chi connectivity index (χ0v) is 13.5. The molecule has 1 fully saturated rings. The van der Waals surface area contributed by atoms with E-state index in [0.29, 0.717) is 6.54 Å². The van der Waals surface area contributed by atoms with Gasteiger partial charge in [0.1, 0.15) is 0 Å². The molecule has 1 aromatic rings. The first-order valence-electron chi connectivity index (χ1n) is 7.90. The van der Waals surface area contributed by atoms with Crippen LogP contribution in [0.25, 0.3) is 0 Å². The maximum atomic E-state index is 11.9. The van der Waals surface area contributed by atoms with Gasteiger partial charge in [0, 0.05) is 26.2 Å². The smallest absolute Gasteiger partial charge is 0.239 e. The van der Waals surface area contributed by atoms with Crippen LogP contribution in [0.5, 0.6) is 0 Å². The Morgan fingerprint density at radius 2 is 1.91 bits per heavy atom. The van der Waals surface area contributed by atoms with Gasteiger partial charge in [0.15, 0.2) is 0 Å². The lowest BCUT2D eigenvalue weighted by Gasteiger charge is -2.30. The standard InChI is InChI=1S/C17H27N3O2/c1-17(2,18)16(22)19-11-13-5-3-4-6-14(13)12-20-9-7-15(21)8-10-20/h3-6,15,21H,7-12,18H2,1-2H3,(H,19,22). The van der Waals surface area contributed by atoms with Crippen LogP contribution in [0.4, 0.5) is 0 Å². The van der Waals surface area contributed by atoms with E-state index in [1.54, 1.807) is 13.8 Å². The Bertz CT molecular complexity index is 503. The molecule has 1 aliphatic heterocycles. The van der Waals surface area contributed by atoms with Gasteiger partial charge in [-0.15, -0.1) is 0 Å². The predicted octanol–water partition coefficient (Wildman–Crippen LogP) is 0.997. The zero-order valence-electron chi connectivity index (χ0n) is 13.5. The number of likely N-dealkylation sites (tertiary alicyclic amines) is 1. The van der Waals surface area contributed by atoms with Gasteiger partial charge in [0.25, 0.3) is 0 Å². The predicted molar refractivity (Wildman–Crippen MR) is 87.1 cm³/mol. The Kier molecular flexibility index (Phi) is 5.56. The third kappa shape index (κ3) is 4.80. The minimum absolute atomic E-state index is 0.150. The van der Waals surface area contributed by atoms with E-state index in [0.717, 1.165) is 38.0 Å². The molecule has 0 spiro atoms. The largest absolute Gasteiger partial charge is 0.393 e. The fraction of sp³-hybridized carbons (Fsp3) is 0.588. The molecule has 1 heterocycles. The number of carbonyl (C=O) groups is 1. The summed E-state index contributed by atoms with van der Waals surface area (Å²) in [6.07, 6.45) is 1.51. The van der Waals surface area contributed by atoms with Crippen molar-refractivity contribution in [2.24, 2.45) is 5.73 Å². The van der Waals surface area contributed by atoms with Crippen molar-refractivity contribution in [1.29, 1.82) is 0 Å². The van der Waals surface area contributed by atoms with Crippen LogP contribution in [0.1, 0.15) is 37.8 Å². The maximum Gasteiger partial charge on any atom is 0.239 e. The molecule has 5 heteroatoms. The molecule has 0 unspecified atom stereocenters. The summed E-state index contributed by atoms with van der Waals surface area (Å²) in [5, 5.41) is 12.5. The number of hydrogen-bond donors (Lipinski definition) is 3. The van der Waals surface area contributed by atoms with Crippen molar-refractivity contribution >= 4 is 5.91 Å². The van der Waals surface area contributed by atoms with Gasteiger partial charge < -0.3 is 16.2 Å². The fourth-order valence-corrected chi connectivity index (χ4v) is 2.61. The van der Waals surface area contributed by atoms with E-state index in [1.165, 1.54) is 5.56 Å². The average molecular weight is 305 g/mol. The quantitative estimate of drug-likeness (QED) is 0.758. The Labute approximate surface area is 132 Å². The summed E-state index contributed by atoms with van der Waals surface area (Å²) in [5.41, 5.74) is 7.27. The molecule has 122 valence electrons. The van der Waals surface area contributed by atoms with Crippen molar-refractivity contribution in [1.82, 2.24) is 10.2 Å². The second-order valence-electron chi connectivity index (χ2n) is 6.68. The van der Waals surface area contributed by atoms with E-state index in [4.69, 9.17) is 5.73 Å². The molecule has 0 atom stereocenters.